The summed E-state index contributed by atoms with van der Waals surface area (Å²) >= 11 is 0. The Hall–Kier alpha value is -2.00. The first kappa shape index (κ1) is 21.0. The van der Waals surface area contributed by atoms with Crippen LogP contribution >= 0.6 is 0 Å². The first-order chi connectivity index (χ1) is 11.7. The number of carbonyl (C=O) groups excluding carboxylic acids is 2. The van der Waals surface area contributed by atoms with Crippen molar-refractivity contribution < 1.29 is 27.5 Å². The molecule has 0 aliphatic rings. The quantitative estimate of drug-likeness (QED) is 0.375. The van der Waals surface area contributed by atoms with Crippen LogP contribution in [0.25, 0.3) is 0 Å². The SMILES string of the molecule is COC(=O)[C@H](C)NS(=O)(=O)c1ccc(C)nc1O[C@H](C)CCCC=O. The van der Waals surface area contributed by atoms with E-state index in [1.807, 2.05) is 0 Å². The zero-order chi connectivity index (χ0) is 19.0. The molecule has 9 heteroatoms. The van der Waals surface area contributed by atoms with Gasteiger partial charge in [0.15, 0.2) is 0 Å². The number of nitrogens with zero attached hydrogens (tertiary/aromatic N) is 1. The smallest absolute Gasteiger partial charge is 0.323 e. The first-order valence-corrected chi connectivity index (χ1v) is 9.37. The molecule has 0 spiro atoms. The van der Waals surface area contributed by atoms with Crippen LogP contribution in [-0.4, -0.2) is 44.9 Å². The molecule has 0 saturated carbocycles. The van der Waals surface area contributed by atoms with Crippen molar-refractivity contribution in [1.29, 1.82) is 0 Å². The molecule has 0 aliphatic carbocycles. The van der Waals surface area contributed by atoms with Crippen molar-refractivity contribution in [2.45, 2.75) is 57.1 Å². The number of aryl methyl sites for hydroxylation is 1. The zero-order valence-electron chi connectivity index (χ0n) is 14.8. The van der Waals surface area contributed by atoms with E-state index < -0.39 is 22.0 Å². The molecule has 0 saturated heterocycles. The molecular formula is C16H24N2O6S. The molecule has 1 aromatic heterocycles. The first-order valence-electron chi connectivity index (χ1n) is 7.89. The number of hydrogen-bond donors (Lipinski definition) is 1. The number of esters is 1. The second-order valence-corrected chi connectivity index (χ2v) is 7.33. The summed E-state index contributed by atoms with van der Waals surface area (Å²) in [5.41, 5.74) is 0.593. The highest BCUT2D eigenvalue weighted by molar-refractivity contribution is 7.89. The number of carbonyl (C=O) groups is 2. The Balaban J connectivity index is 3.02. The minimum atomic E-state index is -4.03. The molecule has 1 N–H and O–H groups in total. The number of pyridine rings is 1. The minimum absolute atomic E-state index is 0.0387. The number of rotatable bonds is 10. The highest BCUT2D eigenvalue weighted by Crippen LogP contribution is 2.24. The van der Waals surface area contributed by atoms with E-state index >= 15 is 0 Å². The number of sulfonamides is 1. The van der Waals surface area contributed by atoms with E-state index in [-0.39, 0.29) is 16.9 Å². The predicted octanol–water partition coefficient (Wildman–Crippen LogP) is 1.37. The van der Waals surface area contributed by atoms with Gasteiger partial charge in [-0.1, -0.05) is 0 Å². The molecular weight excluding hydrogens is 348 g/mol. The third kappa shape index (κ3) is 6.43. The fourth-order valence-electron chi connectivity index (χ4n) is 2.07. The summed E-state index contributed by atoms with van der Waals surface area (Å²) in [4.78, 5) is 25.8. The van der Waals surface area contributed by atoms with Crippen molar-refractivity contribution in [1.82, 2.24) is 9.71 Å². The predicted molar refractivity (Wildman–Crippen MR) is 90.8 cm³/mol. The summed E-state index contributed by atoms with van der Waals surface area (Å²) < 4.78 is 37.5. The standard InChI is InChI=1S/C16H24N2O6S/c1-11-8-9-14(25(21,22)18-13(3)16(20)23-4)15(17-11)24-12(2)7-5-6-10-19/h8-10,12-13,18H,5-7H2,1-4H3/t12-,13+/m1/s1. The van der Waals surface area contributed by atoms with E-state index in [1.54, 1.807) is 19.9 Å². The number of nitrogens with one attached hydrogen (secondary N) is 1. The van der Waals surface area contributed by atoms with Gasteiger partial charge in [-0.2, -0.15) is 4.72 Å². The van der Waals surface area contributed by atoms with Crippen LogP contribution in [0, 0.1) is 6.92 Å². The molecule has 1 rings (SSSR count). The number of unbranched alkanes of at least 4 members (excludes halogenated alkanes) is 1. The van der Waals surface area contributed by atoms with Crippen molar-refractivity contribution in [2.24, 2.45) is 0 Å². The van der Waals surface area contributed by atoms with Crippen LogP contribution in [0.15, 0.2) is 17.0 Å². The van der Waals surface area contributed by atoms with Gasteiger partial charge in [0.2, 0.25) is 15.9 Å². The van der Waals surface area contributed by atoms with Gasteiger partial charge in [0.1, 0.15) is 17.2 Å². The van der Waals surface area contributed by atoms with E-state index in [1.165, 1.54) is 20.1 Å². The molecule has 0 aliphatic heterocycles. The number of aldehydes is 1. The molecule has 0 amide bonds. The van der Waals surface area contributed by atoms with E-state index in [9.17, 15) is 18.0 Å². The highest BCUT2D eigenvalue weighted by atomic mass is 32.2. The van der Waals surface area contributed by atoms with Crippen LogP contribution < -0.4 is 9.46 Å². The minimum Gasteiger partial charge on any atom is -0.474 e. The topological polar surface area (TPSA) is 112 Å². The summed E-state index contributed by atoms with van der Waals surface area (Å²) in [6.07, 6.45) is 2.14. The van der Waals surface area contributed by atoms with E-state index in [4.69, 9.17) is 4.74 Å². The molecule has 8 nitrogen and oxygen atoms in total. The largest absolute Gasteiger partial charge is 0.474 e. The maximum Gasteiger partial charge on any atom is 0.323 e. The van der Waals surface area contributed by atoms with Gasteiger partial charge < -0.3 is 14.3 Å². The van der Waals surface area contributed by atoms with E-state index in [0.717, 1.165) is 6.29 Å². The lowest BCUT2D eigenvalue weighted by molar-refractivity contribution is -0.142. The molecule has 0 bridgehead atoms. The van der Waals surface area contributed by atoms with Crippen LogP contribution in [-0.2, 0) is 24.3 Å². The molecule has 0 radical (unpaired) electrons. The second kappa shape index (κ2) is 9.47. The Kier molecular flexibility index (Phi) is 7.98. The van der Waals surface area contributed by atoms with E-state index in [0.29, 0.717) is 25.0 Å². The average Bonchev–Trinajstić information content (AvgIpc) is 2.53. The van der Waals surface area contributed by atoms with Crippen LogP contribution in [0.5, 0.6) is 5.88 Å². The van der Waals surface area contributed by atoms with Gasteiger partial charge in [0.05, 0.1) is 13.2 Å². The van der Waals surface area contributed by atoms with Crippen molar-refractivity contribution in [3.63, 3.8) is 0 Å². The summed E-state index contributed by atoms with van der Waals surface area (Å²) in [6, 6.07) is 1.87. The lowest BCUT2D eigenvalue weighted by atomic mass is 10.2. The van der Waals surface area contributed by atoms with Crippen LogP contribution in [0.3, 0.4) is 0 Å². The van der Waals surface area contributed by atoms with Crippen LogP contribution in [0.1, 0.15) is 38.8 Å². The molecule has 0 fully saturated rings. The van der Waals surface area contributed by atoms with Gasteiger partial charge in [0.25, 0.3) is 0 Å². The molecule has 0 aromatic carbocycles. The van der Waals surface area contributed by atoms with E-state index in [2.05, 4.69) is 14.4 Å². The summed E-state index contributed by atoms with van der Waals surface area (Å²) in [5.74, 6) is -0.739. The number of methoxy groups -OCH3 is 1. The highest BCUT2D eigenvalue weighted by Gasteiger charge is 2.27. The third-order valence-electron chi connectivity index (χ3n) is 3.39. The Morgan fingerprint density at radius 1 is 1.36 bits per heavy atom. The second-order valence-electron chi connectivity index (χ2n) is 5.65. The van der Waals surface area contributed by atoms with Gasteiger partial charge in [-0.15, -0.1) is 0 Å². The third-order valence-corrected chi connectivity index (χ3v) is 4.94. The van der Waals surface area contributed by atoms with Gasteiger partial charge in [-0.3, -0.25) is 4.79 Å². The summed E-state index contributed by atoms with van der Waals surface area (Å²) in [7, 11) is -2.85. The maximum absolute atomic E-state index is 12.6. The fourth-order valence-corrected chi connectivity index (χ4v) is 3.33. The Morgan fingerprint density at radius 2 is 2.04 bits per heavy atom. The number of aromatic nitrogens is 1. The molecule has 140 valence electrons. The Bertz CT molecular complexity index is 705. The molecule has 1 heterocycles. The Labute approximate surface area is 148 Å². The van der Waals surface area contributed by atoms with Gasteiger partial charge in [-0.05, 0) is 45.7 Å². The fraction of sp³-hybridized carbons (Fsp3) is 0.562. The molecule has 2 atom stereocenters. The van der Waals surface area contributed by atoms with Crippen molar-refractivity contribution >= 4 is 22.3 Å². The lowest BCUT2D eigenvalue weighted by Gasteiger charge is -2.18. The van der Waals surface area contributed by atoms with Crippen molar-refractivity contribution in [2.75, 3.05) is 7.11 Å². The molecule has 25 heavy (non-hydrogen) atoms. The van der Waals surface area contributed by atoms with Gasteiger partial charge >= 0.3 is 5.97 Å². The van der Waals surface area contributed by atoms with Crippen LogP contribution in [0.2, 0.25) is 0 Å². The van der Waals surface area contributed by atoms with Gasteiger partial charge in [-0.25, -0.2) is 13.4 Å². The van der Waals surface area contributed by atoms with Crippen molar-refractivity contribution in [3.05, 3.63) is 17.8 Å². The zero-order valence-corrected chi connectivity index (χ0v) is 15.6. The maximum atomic E-state index is 12.6. The van der Waals surface area contributed by atoms with Gasteiger partial charge in [0, 0.05) is 12.1 Å². The van der Waals surface area contributed by atoms with Crippen LogP contribution in [0.4, 0.5) is 0 Å². The number of hydrogen-bond acceptors (Lipinski definition) is 7. The van der Waals surface area contributed by atoms with Crippen molar-refractivity contribution in [3.8, 4) is 5.88 Å². The Morgan fingerprint density at radius 3 is 2.64 bits per heavy atom. The molecule has 1 aromatic rings. The normalized spacial score (nSPS) is 13.8. The number of ether oxygens (including phenoxy) is 2. The lowest BCUT2D eigenvalue weighted by Crippen LogP contribution is -2.39. The summed E-state index contributed by atoms with van der Waals surface area (Å²) in [6.45, 7) is 4.87. The molecule has 0 unspecified atom stereocenters. The summed E-state index contributed by atoms with van der Waals surface area (Å²) in [5, 5.41) is 0. The monoisotopic (exact) mass is 372 g/mol. The average molecular weight is 372 g/mol.